The van der Waals surface area contributed by atoms with Crippen LogP contribution in [0.1, 0.15) is 30.5 Å². The van der Waals surface area contributed by atoms with Crippen LogP contribution in [0.4, 0.5) is 10.5 Å². The van der Waals surface area contributed by atoms with Crippen LogP contribution in [0.3, 0.4) is 0 Å². The van der Waals surface area contributed by atoms with Crippen molar-refractivity contribution in [3.8, 4) is 11.8 Å². The van der Waals surface area contributed by atoms with Gasteiger partial charge in [0.1, 0.15) is 18.0 Å². The second-order valence-electron chi connectivity index (χ2n) is 5.83. The maximum atomic E-state index is 11.5. The van der Waals surface area contributed by atoms with Crippen molar-refractivity contribution in [2.24, 2.45) is 0 Å². The monoisotopic (exact) mass is 308 g/mol. The van der Waals surface area contributed by atoms with Crippen LogP contribution >= 0.6 is 0 Å². The number of carbonyl (C=O) groups excluding carboxylic acids is 1. The summed E-state index contributed by atoms with van der Waals surface area (Å²) >= 11 is 0. The molecule has 0 fully saturated rings. The van der Waals surface area contributed by atoms with Crippen molar-refractivity contribution in [1.29, 1.82) is 5.26 Å². The molecule has 0 radical (unpaired) electrons. The van der Waals surface area contributed by atoms with Crippen molar-refractivity contribution < 1.29 is 14.3 Å². The number of nitriles is 1. The molecule has 0 atom stereocenters. The van der Waals surface area contributed by atoms with Crippen molar-refractivity contribution in [2.45, 2.75) is 26.1 Å². The highest BCUT2D eigenvalue weighted by Gasteiger charge is 2.33. The minimum Gasteiger partial charge on any atom is -0.489 e. The SMILES string of the molecule is CC1(C)OC(=O)Nc2ccc(COc3cccc(C#N)c3)cc21. The largest absolute Gasteiger partial charge is 0.489 e. The lowest BCUT2D eigenvalue weighted by atomic mass is 9.93. The van der Waals surface area contributed by atoms with E-state index in [1.54, 1.807) is 18.2 Å². The molecule has 1 aliphatic rings. The summed E-state index contributed by atoms with van der Waals surface area (Å²) in [5, 5.41) is 11.6. The van der Waals surface area contributed by atoms with Gasteiger partial charge in [0.25, 0.3) is 0 Å². The van der Waals surface area contributed by atoms with Crippen molar-refractivity contribution in [3.05, 3.63) is 59.2 Å². The lowest BCUT2D eigenvalue weighted by Crippen LogP contribution is -2.34. The highest BCUT2D eigenvalue weighted by Crippen LogP contribution is 2.36. The molecule has 0 unspecified atom stereocenters. The fourth-order valence-electron chi connectivity index (χ4n) is 2.53. The van der Waals surface area contributed by atoms with E-state index in [2.05, 4.69) is 11.4 Å². The first-order valence-corrected chi connectivity index (χ1v) is 7.24. The van der Waals surface area contributed by atoms with Gasteiger partial charge in [-0.3, -0.25) is 5.32 Å². The van der Waals surface area contributed by atoms with Crippen LogP contribution in [0.2, 0.25) is 0 Å². The lowest BCUT2D eigenvalue weighted by Gasteiger charge is -2.32. The third kappa shape index (κ3) is 3.11. The molecule has 0 bridgehead atoms. The third-order valence-electron chi connectivity index (χ3n) is 3.69. The predicted octanol–water partition coefficient (Wildman–Crippen LogP) is 3.93. The molecule has 116 valence electrons. The van der Waals surface area contributed by atoms with Crippen LogP contribution < -0.4 is 10.1 Å². The molecular formula is C18H16N2O3. The molecule has 3 rings (SSSR count). The number of hydrogen-bond acceptors (Lipinski definition) is 4. The number of rotatable bonds is 3. The number of fused-ring (bicyclic) bond motifs is 1. The molecule has 1 amide bonds. The molecule has 0 saturated heterocycles. The lowest BCUT2D eigenvalue weighted by molar-refractivity contribution is 0.0419. The Hall–Kier alpha value is -3.00. The first-order chi connectivity index (χ1) is 11.0. The molecular weight excluding hydrogens is 292 g/mol. The van der Waals surface area contributed by atoms with Crippen LogP contribution in [0, 0.1) is 11.3 Å². The normalized spacial score (nSPS) is 14.9. The first-order valence-electron chi connectivity index (χ1n) is 7.24. The molecule has 2 aromatic carbocycles. The molecule has 0 spiro atoms. The van der Waals surface area contributed by atoms with Gasteiger partial charge in [0.15, 0.2) is 0 Å². The van der Waals surface area contributed by atoms with Gasteiger partial charge in [-0.25, -0.2) is 4.79 Å². The number of carbonyl (C=O) groups is 1. The average Bonchev–Trinajstić information content (AvgIpc) is 2.52. The van der Waals surface area contributed by atoms with Crippen molar-refractivity contribution in [1.82, 2.24) is 0 Å². The van der Waals surface area contributed by atoms with Crippen molar-refractivity contribution in [2.75, 3.05) is 5.32 Å². The number of nitrogens with zero attached hydrogens (tertiary/aromatic N) is 1. The summed E-state index contributed by atoms with van der Waals surface area (Å²) in [6.07, 6.45) is -0.445. The Balaban J connectivity index is 1.80. The van der Waals surface area contributed by atoms with Gasteiger partial charge in [-0.2, -0.15) is 5.26 Å². The fourth-order valence-corrected chi connectivity index (χ4v) is 2.53. The van der Waals surface area contributed by atoms with Gasteiger partial charge in [0, 0.05) is 5.56 Å². The standard InChI is InChI=1S/C18H16N2O3/c1-18(2)15-9-13(6-7-16(15)20-17(21)23-18)11-22-14-5-3-4-12(8-14)10-19/h3-9H,11H2,1-2H3,(H,20,21). The van der Waals surface area contributed by atoms with Crippen LogP contribution in [-0.4, -0.2) is 6.09 Å². The van der Waals surface area contributed by atoms with Crippen molar-refractivity contribution in [3.63, 3.8) is 0 Å². The summed E-state index contributed by atoms with van der Waals surface area (Å²) in [7, 11) is 0. The Bertz CT molecular complexity index is 806. The third-order valence-corrected chi connectivity index (χ3v) is 3.69. The van der Waals surface area contributed by atoms with E-state index in [1.165, 1.54) is 0 Å². The van der Waals surface area contributed by atoms with E-state index in [4.69, 9.17) is 14.7 Å². The zero-order chi connectivity index (χ0) is 16.4. The summed E-state index contributed by atoms with van der Waals surface area (Å²) in [6, 6.07) is 14.8. The van der Waals surface area contributed by atoms with Gasteiger partial charge in [-0.1, -0.05) is 12.1 Å². The molecule has 23 heavy (non-hydrogen) atoms. The molecule has 1 aliphatic heterocycles. The van der Waals surface area contributed by atoms with E-state index in [-0.39, 0.29) is 0 Å². The van der Waals surface area contributed by atoms with Crippen LogP contribution in [-0.2, 0) is 16.9 Å². The molecule has 5 heteroatoms. The van der Waals surface area contributed by atoms with Crippen LogP contribution in [0.25, 0.3) is 0 Å². The summed E-state index contributed by atoms with van der Waals surface area (Å²) < 4.78 is 11.1. The van der Waals surface area contributed by atoms with Gasteiger partial charge in [0.2, 0.25) is 0 Å². The van der Waals surface area contributed by atoms with E-state index in [1.807, 2.05) is 38.1 Å². The Kier molecular flexibility index (Phi) is 3.67. The summed E-state index contributed by atoms with van der Waals surface area (Å²) in [5.74, 6) is 0.644. The topological polar surface area (TPSA) is 71.3 Å². The maximum Gasteiger partial charge on any atom is 0.412 e. The Labute approximate surface area is 134 Å². The number of cyclic esters (lactones) is 1. The first kappa shape index (κ1) is 14.9. The van der Waals surface area contributed by atoms with E-state index < -0.39 is 11.7 Å². The zero-order valence-electron chi connectivity index (χ0n) is 12.9. The average molecular weight is 308 g/mol. The van der Waals surface area contributed by atoms with Gasteiger partial charge in [-0.15, -0.1) is 0 Å². The highest BCUT2D eigenvalue weighted by molar-refractivity contribution is 5.88. The molecule has 1 heterocycles. The van der Waals surface area contributed by atoms with E-state index >= 15 is 0 Å². The maximum absolute atomic E-state index is 11.5. The molecule has 0 aromatic heterocycles. The second-order valence-corrected chi connectivity index (χ2v) is 5.83. The number of hydrogen-bond donors (Lipinski definition) is 1. The van der Waals surface area contributed by atoms with Gasteiger partial charge in [0.05, 0.1) is 17.3 Å². The Morgan fingerprint density at radius 2 is 2.09 bits per heavy atom. The molecule has 0 aliphatic carbocycles. The predicted molar refractivity (Wildman–Crippen MR) is 85.1 cm³/mol. The number of nitrogens with one attached hydrogen (secondary N) is 1. The van der Waals surface area contributed by atoms with Gasteiger partial charge < -0.3 is 9.47 Å². The number of amides is 1. The highest BCUT2D eigenvalue weighted by atomic mass is 16.6. The van der Waals surface area contributed by atoms with Gasteiger partial charge >= 0.3 is 6.09 Å². The minimum absolute atomic E-state index is 0.367. The van der Waals surface area contributed by atoms with Crippen molar-refractivity contribution >= 4 is 11.8 Å². The van der Waals surface area contributed by atoms with E-state index in [9.17, 15) is 4.79 Å². The smallest absolute Gasteiger partial charge is 0.412 e. The van der Waals surface area contributed by atoms with E-state index in [0.29, 0.717) is 17.9 Å². The van der Waals surface area contributed by atoms with Gasteiger partial charge in [-0.05, 0) is 49.7 Å². The van der Waals surface area contributed by atoms with Crippen LogP contribution in [0.5, 0.6) is 5.75 Å². The summed E-state index contributed by atoms with van der Waals surface area (Å²) in [6.45, 7) is 4.07. The summed E-state index contributed by atoms with van der Waals surface area (Å²) in [5.41, 5.74) is 2.49. The Morgan fingerprint density at radius 1 is 1.26 bits per heavy atom. The second kappa shape index (κ2) is 5.65. The zero-order valence-corrected chi connectivity index (χ0v) is 12.9. The molecule has 5 nitrogen and oxygen atoms in total. The number of benzene rings is 2. The summed E-state index contributed by atoms with van der Waals surface area (Å²) in [4.78, 5) is 11.5. The molecule has 1 N–H and O–H groups in total. The minimum atomic E-state index is -0.686. The van der Waals surface area contributed by atoms with E-state index in [0.717, 1.165) is 16.8 Å². The quantitative estimate of drug-likeness (QED) is 0.932. The Morgan fingerprint density at radius 3 is 2.87 bits per heavy atom. The number of ether oxygens (including phenoxy) is 2. The molecule has 2 aromatic rings. The fraction of sp³-hybridized carbons (Fsp3) is 0.222. The number of anilines is 1. The van der Waals surface area contributed by atoms with Crippen LogP contribution in [0.15, 0.2) is 42.5 Å². The molecule has 0 saturated carbocycles.